The number of carbonyl (C=O) groups is 1. The number of nitrogens with one attached hydrogen (secondary N) is 3. The number of hydrogen-bond acceptors (Lipinski definition) is 7. The Labute approximate surface area is 110 Å². The molecule has 0 aliphatic rings. The predicted molar refractivity (Wildman–Crippen MR) is 70.9 cm³/mol. The van der Waals surface area contributed by atoms with E-state index < -0.39 is 6.04 Å². The van der Waals surface area contributed by atoms with E-state index in [0.29, 0.717) is 29.5 Å². The van der Waals surface area contributed by atoms with Gasteiger partial charge in [0, 0.05) is 6.54 Å². The van der Waals surface area contributed by atoms with Crippen LogP contribution in [0.1, 0.15) is 13.8 Å². The highest BCUT2D eigenvalue weighted by molar-refractivity contribution is 5.87. The molecule has 8 heteroatoms. The van der Waals surface area contributed by atoms with Gasteiger partial charge >= 0.3 is 5.97 Å². The van der Waals surface area contributed by atoms with Crippen molar-refractivity contribution in [2.75, 3.05) is 24.3 Å². The minimum atomic E-state index is -0.513. The summed E-state index contributed by atoms with van der Waals surface area (Å²) in [7, 11) is 1.34. The normalized spacial score (nSPS) is 12.2. The lowest BCUT2D eigenvalue weighted by atomic mass is 10.3. The van der Waals surface area contributed by atoms with Crippen molar-refractivity contribution in [3.8, 4) is 0 Å². The Bertz CT molecular complexity index is 582. The summed E-state index contributed by atoms with van der Waals surface area (Å²) in [6.45, 7) is 4.34. The number of imidazole rings is 1. The van der Waals surface area contributed by atoms with Crippen molar-refractivity contribution in [2.45, 2.75) is 19.9 Å². The minimum absolute atomic E-state index is 0.365. The second kappa shape index (κ2) is 5.51. The first-order valence-corrected chi connectivity index (χ1v) is 5.95. The average Bonchev–Trinajstić information content (AvgIpc) is 2.86. The number of carbonyl (C=O) groups excluding carboxylic acids is 1. The van der Waals surface area contributed by atoms with Gasteiger partial charge in [-0.25, -0.2) is 9.78 Å². The van der Waals surface area contributed by atoms with Crippen molar-refractivity contribution in [3.05, 3.63) is 6.33 Å². The fourth-order valence-electron chi connectivity index (χ4n) is 1.62. The van der Waals surface area contributed by atoms with Gasteiger partial charge in [0.2, 0.25) is 5.95 Å². The van der Waals surface area contributed by atoms with Gasteiger partial charge in [-0.1, -0.05) is 0 Å². The first-order chi connectivity index (χ1) is 9.15. The van der Waals surface area contributed by atoms with Gasteiger partial charge in [0.05, 0.1) is 13.4 Å². The molecule has 1 atom stereocenters. The fraction of sp³-hybridized carbons (Fsp3) is 0.455. The maximum atomic E-state index is 11.4. The number of rotatable bonds is 5. The molecule has 0 aliphatic carbocycles. The predicted octanol–water partition coefficient (Wildman–Crippen LogP) is 0.758. The Morgan fingerprint density at radius 2 is 2.32 bits per heavy atom. The van der Waals surface area contributed by atoms with Crippen LogP contribution in [0.25, 0.3) is 11.2 Å². The third-order valence-corrected chi connectivity index (χ3v) is 2.53. The van der Waals surface area contributed by atoms with Crippen molar-refractivity contribution < 1.29 is 9.53 Å². The minimum Gasteiger partial charge on any atom is -0.467 e. The molecule has 1 unspecified atom stereocenters. The number of esters is 1. The highest BCUT2D eigenvalue weighted by Gasteiger charge is 2.17. The topological polar surface area (TPSA) is 105 Å². The molecule has 0 bridgehead atoms. The molecule has 2 heterocycles. The third-order valence-electron chi connectivity index (χ3n) is 2.53. The van der Waals surface area contributed by atoms with E-state index in [1.807, 2.05) is 6.92 Å². The first kappa shape index (κ1) is 13.1. The number of methoxy groups -OCH3 is 1. The summed E-state index contributed by atoms with van der Waals surface area (Å²) < 4.78 is 4.67. The fourth-order valence-corrected chi connectivity index (χ4v) is 1.62. The lowest BCUT2D eigenvalue weighted by Gasteiger charge is -2.13. The number of fused-ring (bicyclic) bond motifs is 1. The number of aromatic amines is 1. The lowest BCUT2D eigenvalue weighted by molar-refractivity contribution is -0.141. The highest BCUT2D eigenvalue weighted by Crippen LogP contribution is 2.19. The molecule has 2 aromatic rings. The summed E-state index contributed by atoms with van der Waals surface area (Å²) in [5.41, 5.74) is 1.18. The van der Waals surface area contributed by atoms with Crippen LogP contribution in [0.5, 0.6) is 0 Å². The highest BCUT2D eigenvalue weighted by atomic mass is 16.5. The molecule has 8 nitrogen and oxygen atoms in total. The molecule has 0 aromatic carbocycles. The van der Waals surface area contributed by atoms with Crippen molar-refractivity contribution in [1.29, 1.82) is 0 Å². The zero-order chi connectivity index (χ0) is 13.8. The second-order valence-electron chi connectivity index (χ2n) is 3.92. The monoisotopic (exact) mass is 264 g/mol. The van der Waals surface area contributed by atoms with E-state index >= 15 is 0 Å². The molecule has 19 heavy (non-hydrogen) atoms. The van der Waals surface area contributed by atoms with Crippen molar-refractivity contribution in [1.82, 2.24) is 19.9 Å². The molecule has 0 radical (unpaired) electrons. The van der Waals surface area contributed by atoms with Crippen molar-refractivity contribution >= 4 is 28.9 Å². The molecule has 0 saturated heterocycles. The number of H-pyrrole nitrogens is 1. The van der Waals surface area contributed by atoms with Gasteiger partial charge in [-0.15, -0.1) is 0 Å². The summed E-state index contributed by atoms with van der Waals surface area (Å²) in [6.07, 6.45) is 1.53. The van der Waals surface area contributed by atoms with E-state index in [1.54, 1.807) is 6.92 Å². The maximum absolute atomic E-state index is 11.4. The SMILES string of the molecule is CCNc1nc(NC(C)C(=O)OC)c2[nH]cnc2n1. The molecule has 102 valence electrons. The van der Waals surface area contributed by atoms with E-state index in [2.05, 4.69) is 35.3 Å². The van der Waals surface area contributed by atoms with E-state index in [-0.39, 0.29) is 5.97 Å². The van der Waals surface area contributed by atoms with Gasteiger partial charge in [-0.05, 0) is 13.8 Å². The molecule has 2 aromatic heterocycles. The Balaban J connectivity index is 2.34. The van der Waals surface area contributed by atoms with Crippen LogP contribution in [-0.2, 0) is 9.53 Å². The van der Waals surface area contributed by atoms with E-state index in [4.69, 9.17) is 0 Å². The maximum Gasteiger partial charge on any atom is 0.328 e. The third kappa shape index (κ3) is 2.72. The van der Waals surface area contributed by atoms with Crippen LogP contribution < -0.4 is 10.6 Å². The average molecular weight is 264 g/mol. The molecular formula is C11H16N6O2. The van der Waals surface area contributed by atoms with Gasteiger partial charge in [0.15, 0.2) is 11.5 Å². The van der Waals surface area contributed by atoms with Crippen molar-refractivity contribution in [2.24, 2.45) is 0 Å². The quantitative estimate of drug-likeness (QED) is 0.684. The van der Waals surface area contributed by atoms with Gasteiger partial charge in [-0.3, -0.25) is 0 Å². The van der Waals surface area contributed by atoms with Gasteiger partial charge in [0.25, 0.3) is 0 Å². The summed E-state index contributed by atoms with van der Waals surface area (Å²) >= 11 is 0. The summed E-state index contributed by atoms with van der Waals surface area (Å²) in [6, 6.07) is -0.513. The van der Waals surface area contributed by atoms with E-state index in [9.17, 15) is 4.79 Å². The second-order valence-corrected chi connectivity index (χ2v) is 3.92. The number of hydrogen-bond donors (Lipinski definition) is 3. The molecule has 0 saturated carbocycles. The molecule has 0 aliphatic heterocycles. The zero-order valence-corrected chi connectivity index (χ0v) is 11.0. The molecular weight excluding hydrogens is 248 g/mol. The molecule has 2 rings (SSSR count). The van der Waals surface area contributed by atoms with Crippen LogP contribution in [0.2, 0.25) is 0 Å². The molecule has 0 spiro atoms. The van der Waals surface area contributed by atoms with E-state index in [1.165, 1.54) is 13.4 Å². The molecule has 0 amide bonds. The van der Waals surface area contributed by atoms with E-state index in [0.717, 1.165) is 0 Å². The summed E-state index contributed by atoms with van der Waals surface area (Å²) in [4.78, 5) is 27.0. The standard InChI is InChI=1S/C11H16N6O2/c1-4-12-11-16-8-7(13-5-14-8)9(17-11)15-6(2)10(18)19-3/h5-6H,4H2,1-3H3,(H3,12,13,14,15,16,17). The van der Waals surface area contributed by atoms with Crippen LogP contribution in [0.4, 0.5) is 11.8 Å². The van der Waals surface area contributed by atoms with Crippen LogP contribution in [0, 0.1) is 0 Å². The number of ether oxygens (including phenoxy) is 1. The Hall–Kier alpha value is -2.38. The van der Waals surface area contributed by atoms with Crippen molar-refractivity contribution in [3.63, 3.8) is 0 Å². The largest absolute Gasteiger partial charge is 0.467 e. The Morgan fingerprint density at radius 1 is 1.53 bits per heavy atom. The molecule has 0 fully saturated rings. The lowest BCUT2D eigenvalue weighted by Crippen LogP contribution is -2.28. The van der Waals surface area contributed by atoms with Gasteiger partial charge in [-0.2, -0.15) is 9.97 Å². The van der Waals surface area contributed by atoms with Gasteiger partial charge < -0.3 is 20.4 Å². The number of anilines is 2. The zero-order valence-electron chi connectivity index (χ0n) is 11.0. The van der Waals surface area contributed by atoms with Gasteiger partial charge in [0.1, 0.15) is 11.6 Å². The Morgan fingerprint density at radius 3 is 3.00 bits per heavy atom. The van der Waals surface area contributed by atoms with Crippen LogP contribution in [0.15, 0.2) is 6.33 Å². The van der Waals surface area contributed by atoms with Crippen LogP contribution in [0.3, 0.4) is 0 Å². The molecule has 3 N–H and O–H groups in total. The summed E-state index contributed by atoms with van der Waals surface area (Å²) in [5.74, 6) is 0.606. The number of aromatic nitrogens is 4. The smallest absolute Gasteiger partial charge is 0.328 e. The Kier molecular flexibility index (Phi) is 3.79. The number of nitrogens with zero attached hydrogens (tertiary/aromatic N) is 3. The first-order valence-electron chi connectivity index (χ1n) is 5.95. The van der Waals surface area contributed by atoms with Crippen LogP contribution >= 0.6 is 0 Å². The summed E-state index contributed by atoms with van der Waals surface area (Å²) in [5, 5.41) is 6.00. The van der Waals surface area contributed by atoms with Crippen LogP contribution in [-0.4, -0.2) is 45.6 Å².